The predicted molar refractivity (Wildman–Crippen MR) is 253 cm³/mol. The van der Waals surface area contributed by atoms with E-state index in [0.717, 1.165) is 0 Å². The first-order valence-electron chi connectivity index (χ1n) is 20.3. The summed E-state index contributed by atoms with van der Waals surface area (Å²) in [6, 6.07) is 34.7. The maximum Gasteiger partial charge on any atom is -0.0392 e. The molecule has 0 bridgehead atoms. The lowest BCUT2D eigenvalue weighted by Crippen LogP contribution is -1.88. The Morgan fingerprint density at radius 1 is 0.161 bits per heavy atom. The van der Waals surface area contributed by atoms with Gasteiger partial charge in [0.2, 0.25) is 0 Å². The van der Waals surface area contributed by atoms with Crippen molar-refractivity contribution in [3.63, 3.8) is 0 Å². The van der Waals surface area contributed by atoms with Crippen molar-refractivity contribution in [1.29, 1.82) is 0 Å². The van der Waals surface area contributed by atoms with Crippen LogP contribution in [0, 0.1) is 138 Å². The summed E-state index contributed by atoms with van der Waals surface area (Å²) < 4.78 is 0. The van der Waals surface area contributed by atoms with Gasteiger partial charge in [-0.15, -0.1) is 0 Å². The zero-order valence-electron chi connectivity index (χ0n) is 39.2. The lowest BCUT2D eigenvalue weighted by atomic mass is 10.0. The van der Waals surface area contributed by atoms with Crippen molar-refractivity contribution in [2.75, 3.05) is 0 Å². The first kappa shape index (κ1) is 49.3. The fourth-order valence-corrected chi connectivity index (χ4v) is 6.02. The lowest BCUT2D eigenvalue weighted by molar-refractivity contribution is 1.22. The van der Waals surface area contributed by atoms with Crippen molar-refractivity contribution in [2.45, 2.75) is 138 Å². The van der Waals surface area contributed by atoms with Crippen LogP contribution in [0.2, 0.25) is 0 Å². The topological polar surface area (TPSA) is 0 Å². The van der Waals surface area contributed by atoms with Gasteiger partial charge in [0.05, 0.1) is 0 Å². The zero-order valence-corrected chi connectivity index (χ0v) is 39.2. The fraction of sp³-hybridized carbons (Fsp3) is 0.357. The van der Waals surface area contributed by atoms with Crippen molar-refractivity contribution in [3.05, 3.63) is 208 Å². The molecule has 0 fully saturated rings. The van der Waals surface area contributed by atoms with Crippen LogP contribution in [0.15, 0.2) is 97.1 Å². The van der Waals surface area contributed by atoms with E-state index in [9.17, 15) is 0 Å². The van der Waals surface area contributed by atoms with Crippen LogP contribution in [0.4, 0.5) is 0 Å². The molecular formula is C56H76. The molecule has 0 heterocycles. The van der Waals surface area contributed by atoms with E-state index in [-0.39, 0.29) is 0 Å². The smallest absolute Gasteiger partial charge is 0.0392 e. The first-order valence-corrected chi connectivity index (χ1v) is 20.3. The van der Waals surface area contributed by atoms with Crippen molar-refractivity contribution >= 4 is 0 Å². The maximum atomic E-state index is 2.22. The van der Waals surface area contributed by atoms with Gasteiger partial charge in [0, 0.05) is 0 Å². The van der Waals surface area contributed by atoms with Crippen molar-refractivity contribution in [1.82, 2.24) is 0 Å². The fourth-order valence-electron chi connectivity index (χ4n) is 6.02. The second-order valence-electron chi connectivity index (χ2n) is 16.3. The summed E-state index contributed by atoms with van der Waals surface area (Å²) in [4.78, 5) is 0. The molecule has 0 aliphatic rings. The van der Waals surface area contributed by atoms with Crippen LogP contribution in [0.25, 0.3) is 0 Å². The Labute approximate surface area is 345 Å². The van der Waals surface area contributed by atoms with Crippen LogP contribution < -0.4 is 0 Å². The van der Waals surface area contributed by atoms with Crippen molar-refractivity contribution in [3.8, 4) is 0 Å². The lowest BCUT2D eigenvalue weighted by Gasteiger charge is -2.06. The van der Waals surface area contributed by atoms with E-state index in [1.807, 2.05) is 0 Å². The van der Waals surface area contributed by atoms with Crippen molar-refractivity contribution in [2.24, 2.45) is 0 Å². The van der Waals surface area contributed by atoms with Crippen molar-refractivity contribution < 1.29 is 0 Å². The second kappa shape index (κ2) is 24.1. The molecule has 0 saturated heterocycles. The van der Waals surface area contributed by atoms with Gasteiger partial charge in [0.15, 0.2) is 0 Å². The van der Waals surface area contributed by atoms with Crippen LogP contribution in [-0.4, -0.2) is 0 Å². The number of hydrogen-bond donors (Lipinski definition) is 0. The summed E-state index contributed by atoms with van der Waals surface area (Å²) >= 11 is 0. The average molecular weight is 749 g/mol. The minimum absolute atomic E-state index is 1.33. The van der Waals surface area contributed by atoms with Gasteiger partial charge >= 0.3 is 0 Å². The van der Waals surface area contributed by atoms with Gasteiger partial charge in [-0.3, -0.25) is 0 Å². The summed E-state index contributed by atoms with van der Waals surface area (Å²) in [6.45, 7) is 42.9. The van der Waals surface area contributed by atoms with Gasteiger partial charge in [-0.25, -0.2) is 0 Å². The molecule has 300 valence electrons. The summed E-state index contributed by atoms with van der Waals surface area (Å²) in [7, 11) is 0. The molecule has 0 heteroatoms. The number of benzene rings is 6. The SMILES string of the molecule is Cc1cc(C)c(C)c(C)c1.Cc1cc(C)c(C)c(C)c1.Cc1ccc(C)c(C)c1.Cc1ccc(C)c(C)c1.Cc1ccc(C)c(C)c1C.Cc1ccc(C)cc1. The summed E-state index contributed by atoms with van der Waals surface area (Å²) in [5.41, 5.74) is 27.7. The Kier molecular flexibility index (Phi) is 21.2. The summed E-state index contributed by atoms with van der Waals surface area (Å²) in [6.07, 6.45) is 0. The molecule has 6 rings (SSSR count). The largest absolute Gasteiger partial charge is 0.0591 e. The molecular weight excluding hydrogens is 673 g/mol. The third kappa shape index (κ3) is 17.8. The van der Waals surface area contributed by atoms with E-state index in [1.54, 1.807) is 0 Å². The van der Waals surface area contributed by atoms with Gasteiger partial charge in [-0.2, -0.15) is 0 Å². The van der Waals surface area contributed by atoms with Crippen LogP contribution in [0.3, 0.4) is 0 Å². The number of hydrogen-bond acceptors (Lipinski definition) is 0. The van der Waals surface area contributed by atoms with E-state index in [2.05, 4.69) is 236 Å². The molecule has 0 saturated carbocycles. The molecule has 0 aliphatic heterocycles. The summed E-state index contributed by atoms with van der Waals surface area (Å²) in [5.74, 6) is 0. The first-order chi connectivity index (χ1) is 26.0. The Balaban J connectivity index is 0.000000337. The molecule has 0 spiro atoms. The van der Waals surface area contributed by atoms with Crippen LogP contribution in [0.1, 0.15) is 111 Å². The average Bonchev–Trinajstić information content (AvgIpc) is 3.13. The van der Waals surface area contributed by atoms with Gasteiger partial charge in [-0.1, -0.05) is 130 Å². The van der Waals surface area contributed by atoms with Gasteiger partial charge in [-0.05, 0) is 216 Å². The highest BCUT2D eigenvalue weighted by Crippen LogP contribution is 2.16. The molecule has 56 heavy (non-hydrogen) atoms. The standard InChI is InChI=1S/3C10H14.2C9H12.C8H10/c2*1-7-5-8(2)10(4)9(3)6-7;1-7-5-6-8(2)10(4)9(7)3;2*1-7-4-5-8(2)9(3)6-7;1-7-3-5-8(2)6-4-7/h3*5-6H,1-4H3;2*4-6H,1-3H3;3-6H,1-2H3. The Morgan fingerprint density at radius 2 is 0.375 bits per heavy atom. The van der Waals surface area contributed by atoms with E-state index >= 15 is 0 Å². The van der Waals surface area contributed by atoms with Gasteiger partial charge < -0.3 is 0 Å². The quantitative estimate of drug-likeness (QED) is 0.145. The van der Waals surface area contributed by atoms with E-state index < -0.39 is 0 Å². The molecule has 0 amide bonds. The van der Waals surface area contributed by atoms with E-state index in [0.29, 0.717) is 0 Å². The van der Waals surface area contributed by atoms with Crippen LogP contribution in [0.5, 0.6) is 0 Å². The normalized spacial score (nSPS) is 9.79. The third-order valence-corrected chi connectivity index (χ3v) is 11.0. The highest BCUT2D eigenvalue weighted by atomic mass is 14.0. The molecule has 0 N–H and O–H groups in total. The third-order valence-electron chi connectivity index (χ3n) is 11.0. The molecule has 6 aromatic carbocycles. The Morgan fingerprint density at radius 3 is 0.607 bits per heavy atom. The monoisotopic (exact) mass is 749 g/mol. The molecule has 0 aliphatic carbocycles. The van der Waals surface area contributed by atoms with E-state index in [4.69, 9.17) is 0 Å². The molecule has 0 radical (unpaired) electrons. The molecule has 0 nitrogen and oxygen atoms in total. The molecule has 6 aromatic rings. The molecule has 0 atom stereocenters. The minimum Gasteiger partial charge on any atom is -0.0591 e. The zero-order chi connectivity index (χ0) is 42.9. The second-order valence-corrected chi connectivity index (χ2v) is 16.3. The maximum absolute atomic E-state index is 2.22. The van der Waals surface area contributed by atoms with Gasteiger partial charge in [0.25, 0.3) is 0 Å². The number of rotatable bonds is 0. The Bertz CT molecular complexity index is 1920. The number of aryl methyl sites for hydroxylation is 16. The summed E-state index contributed by atoms with van der Waals surface area (Å²) in [5, 5.41) is 0. The van der Waals surface area contributed by atoms with E-state index in [1.165, 1.54) is 111 Å². The molecule has 0 unspecified atom stereocenters. The predicted octanol–water partition coefficient (Wildman–Crippen LogP) is 16.3. The minimum atomic E-state index is 1.33. The highest BCUT2D eigenvalue weighted by molar-refractivity contribution is 5.38. The van der Waals surface area contributed by atoms with Crippen LogP contribution in [-0.2, 0) is 0 Å². The molecule has 0 aromatic heterocycles. The Hall–Kier alpha value is -4.68. The highest BCUT2D eigenvalue weighted by Gasteiger charge is 1.99. The van der Waals surface area contributed by atoms with Crippen LogP contribution >= 0.6 is 0 Å². The van der Waals surface area contributed by atoms with Gasteiger partial charge in [0.1, 0.15) is 0 Å².